The number of pyridine rings is 1. The van der Waals surface area contributed by atoms with Crippen LogP contribution in [0.25, 0.3) is 0 Å². The number of rotatable bonds is 10. The summed E-state index contributed by atoms with van der Waals surface area (Å²) in [5.74, 6) is 1.13. The molecule has 0 atom stereocenters. The molecule has 20 heavy (non-hydrogen) atoms. The van der Waals surface area contributed by atoms with E-state index in [2.05, 4.69) is 54.6 Å². The smallest absolute Gasteiger partial charge is 0.130 e. The lowest BCUT2D eigenvalue weighted by Crippen LogP contribution is -2.28. The molecule has 0 saturated heterocycles. The highest BCUT2D eigenvalue weighted by Gasteiger charge is 2.10. The normalized spacial score (nSPS) is 10.6. The lowest BCUT2D eigenvalue weighted by atomic mass is 10.2. The fraction of sp³-hybridized carbons (Fsp3) is 0.706. The Balaban J connectivity index is 2.90. The number of hydrogen-bond acceptors (Lipinski definition) is 3. The van der Waals surface area contributed by atoms with Gasteiger partial charge in [-0.15, -0.1) is 0 Å². The molecule has 0 amide bonds. The van der Waals surface area contributed by atoms with Crippen LogP contribution in [0.15, 0.2) is 18.3 Å². The molecule has 3 heteroatoms. The first-order chi connectivity index (χ1) is 9.76. The third kappa shape index (κ3) is 5.03. The number of aromatic nitrogens is 1. The van der Waals surface area contributed by atoms with E-state index >= 15 is 0 Å². The number of hydrogen-bond donors (Lipinski definition) is 0. The van der Waals surface area contributed by atoms with Gasteiger partial charge < -0.3 is 9.80 Å². The van der Waals surface area contributed by atoms with Crippen molar-refractivity contribution in [2.24, 2.45) is 0 Å². The van der Waals surface area contributed by atoms with Gasteiger partial charge in [0, 0.05) is 44.1 Å². The SMILES string of the molecule is CCCN(CCC)c1ccnc(N(CCC)CCC)c1. The van der Waals surface area contributed by atoms with Crippen LogP contribution < -0.4 is 9.80 Å². The first-order valence-corrected chi connectivity index (χ1v) is 8.22. The third-order valence-corrected chi connectivity index (χ3v) is 3.39. The maximum absolute atomic E-state index is 4.58. The molecule has 0 aromatic carbocycles. The highest BCUT2D eigenvalue weighted by atomic mass is 15.2. The fourth-order valence-electron chi connectivity index (χ4n) is 2.57. The zero-order valence-corrected chi connectivity index (χ0v) is 13.7. The van der Waals surface area contributed by atoms with E-state index in [0.29, 0.717) is 0 Å². The molecule has 0 N–H and O–H groups in total. The van der Waals surface area contributed by atoms with Crippen LogP contribution in [0, 0.1) is 0 Å². The minimum Gasteiger partial charge on any atom is -0.371 e. The van der Waals surface area contributed by atoms with E-state index in [9.17, 15) is 0 Å². The molecule has 0 aliphatic carbocycles. The molecule has 1 rings (SSSR count). The standard InChI is InChI=1S/C17H31N3/c1-5-11-19(12-6-2)16-9-10-18-17(15-16)20(13-7-3)14-8-4/h9-10,15H,5-8,11-14H2,1-4H3. The molecule has 3 nitrogen and oxygen atoms in total. The molecule has 0 unspecified atom stereocenters. The molecule has 0 radical (unpaired) electrons. The van der Waals surface area contributed by atoms with Gasteiger partial charge in [0.15, 0.2) is 0 Å². The minimum atomic E-state index is 1.09. The van der Waals surface area contributed by atoms with Gasteiger partial charge >= 0.3 is 0 Å². The van der Waals surface area contributed by atoms with Crippen LogP contribution >= 0.6 is 0 Å². The Kier molecular flexibility index (Phi) is 8.08. The van der Waals surface area contributed by atoms with Gasteiger partial charge in [-0.1, -0.05) is 27.7 Å². The summed E-state index contributed by atoms with van der Waals surface area (Å²) >= 11 is 0. The Bertz CT molecular complexity index is 322. The summed E-state index contributed by atoms with van der Waals surface area (Å²) in [5, 5.41) is 0. The third-order valence-electron chi connectivity index (χ3n) is 3.39. The van der Waals surface area contributed by atoms with Gasteiger partial charge in [-0.3, -0.25) is 0 Å². The summed E-state index contributed by atoms with van der Waals surface area (Å²) < 4.78 is 0. The van der Waals surface area contributed by atoms with E-state index in [1.807, 2.05) is 6.20 Å². The van der Waals surface area contributed by atoms with Gasteiger partial charge in [0.25, 0.3) is 0 Å². The summed E-state index contributed by atoms with van der Waals surface area (Å²) in [6, 6.07) is 4.40. The highest BCUT2D eigenvalue weighted by Crippen LogP contribution is 2.21. The molecule has 1 aromatic heterocycles. The second-order valence-corrected chi connectivity index (χ2v) is 5.35. The summed E-state index contributed by atoms with van der Waals surface area (Å²) in [7, 11) is 0. The Morgan fingerprint density at radius 2 is 1.30 bits per heavy atom. The Morgan fingerprint density at radius 3 is 1.80 bits per heavy atom. The molecule has 0 saturated carbocycles. The fourth-order valence-corrected chi connectivity index (χ4v) is 2.57. The largest absolute Gasteiger partial charge is 0.371 e. The molecule has 1 aromatic rings. The van der Waals surface area contributed by atoms with E-state index in [1.165, 1.54) is 31.4 Å². The summed E-state index contributed by atoms with van der Waals surface area (Å²) in [5.41, 5.74) is 1.32. The topological polar surface area (TPSA) is 19.4 Å². The van der Waals surface area contributed by atoms with E-state index < -0.39 is 0 Å². The monoisotopic (exact) mass is 277 g/mol. The second-order valence-electron chi connectivity index (χ2n) is 5.35. The summed E-state index contributed by atoms with van der Waals surface area (Å²) in [4.78, 5) is 9.45. The van der Waals surface area contributed by atoms with Gasteiger partial charge in [0.05, 0.1) is 0 Å². The zero-order chi connectivity index (χ0) is 14.8. The Labute approximate surface area is 125 Å². The number of anilines is 2. The van der Waals surface area contributed by atoms with Crippen molar-refractivity contribution in [3.63, 3.8) is 0 Å². The van der Waals surface area contributed by atoms with Crippen LogP contribution in [-0.4, -0.2) is 31.2 Å². The van der Waals surface area contributed by atoms with Crippen molar-refractivity contribution in [3.05, 3.63) is 18.3 Å². The van der Waals surface area contributed by atoms with Crippen molar-refractivity contribution in [1.29, 1.82) is 0 Å². The van der Waals surface area contributed by atoms with Crippen LogP contribution in [-0.2, 0) is 0 Å². The van der Waals surface area contributed by atoms with Gasteiger partial charge in [-0.05, 0) is 31.7 Å². The second kappa shape index (κ2) is 9.62. The van der Waals surface area contributed by atoms with Crippen molar-refractivity contribution < 1.29 is 0 Å². The van der Waals surface area contributed by atoms with Crippen LogP contribution in [0.2, 0.25) is 0 Å². The lowest BCUT2D eigenvalue weighted by molar-refractivity contribution is 0.727. The molecule has 0 aliphatic rings. The maximum atomic E-state index is 4.58. The molecule has 0 fully saturated rings. The van der Waals surface area contributed by atoms with E-state index in [-0.39, 0.29) is 0 Å². The Hall–Kier alpha value is -1.25. The minimum absolute atomic E-state index is 1.09. The van der Waals surface area contributed by atoms with Gasteiger partial charge in [0.1, 0.15) is 5.82 Å². The molecule has 0 bridgehead atoms. The summed E-state index contributed by atoms with van der Waals surface area (Å²) in [6.07, 6.45) is 6.66. The van der Waals surface area contributed by atoms with Crippen molar-refractivity contribution in [1.82, 2.24) is 4.98 Å². The van der Waals surface area contributed by atoms with Gasteiger partial charge in [0.2, 0.25) is 0 Å². The predicted molar refractivity (Wildman–Crippen MR) is 89.8 cm³/mol. The lowest BCUT2D eigenvalue weighted by Gasteiger charge is -2.27. The van der Waals surface area contributed by atoms with E-state index in [1.54, 1.807) is 0 Å². The summed E-state index contributed by atoms with van der Waals surface area (Å²) in [6.45, 7) is 13.4. The molecule has 1 heterocycles. The first-order valence-electron chi connectivity index (χ1n) is 8.22. The van der Waals surface area contributed by atoms with Crippen LogP contribution in [0.5, 0.6) is 0 Å². The first kappa shape index (κ1) is 16.8. The van der Waals surface area contributed by atoms with Crippen LogP contribution in [0.3, 0.4) is 0 Å². The van der Waals surface area contributed by atoms with E-state index in [4.69, 9.17) is 0 Å². The predicted octanol–water partition coefficient (Wildman–Crippen LogP) is 4.33. The van der Waals surface area contributed by atoms with Crippen LogP contribution in [0.1, 0.15) is 53.4 Å². The van der Waals surface area contributed by atoms with Crippen LogP contribution in [0.4, 0.5) is 11.5 Å². The van der Waals surface area contributed by atoms with Crippen molar-refractivity contribution in [2.45, 2.75) is 53.4 Å². The number of nitrogens with zero attached hydrogens (tertiary/aromatic N) is 3. The molecular formula is C17H31N3. The van der Waals surface area contributed by atoms with Crippen molar-refractivity contribution >= 4 is 11.5 Å². The highest BCUT2D eigenvalue weighted by molar-refractivity contribution is 5.55. The molecule has 114 valence electrons. The van der Waals surface area contributed by atoms with E-state index in [0.717, 1.165) is 32.0 Å². The quantitative estimate of drug-likeness (QED) is 0.634. The zero-order valence-electron chi connectivity index (χ0n) is 13.7. The van der Waals surface area contributed by atoms with Gasteiger partial charge in [-0.2, -0.15) is 0 Å². The Morgan fingerprint density at radius 1 is 0.800 bits per heavy atom. The van der Waals surface area contributed by atoms with Crippen molar-refractivity contribution in [2.75, 3.05) is 36.0 Å². The van der Waals surface area contributed by atoms with Crippen molar-refractivity contribution in [3.8, 4) is 0 Å². The molecule has 0 spiro atoms. The average Bonchev–Trinajstić information content (AvgIpc) is 2.47. The maximum Gasteiger partial charge on any atom is 0.130 e. The molecular weight excluding hydrogens is 246 g/mol. The molecule has 0 aliphatic heterocycles. The van der Waals surface area contributed by atoms with Gasteiger partial charge in [-0.25, -0.2) is 4.98 Å². The average molecular weight is 277 g/mol.